The van der Waals surface area contributed by atoms with Crippen molar-refractivity contribution in [2.75, 3.05) is 13.7 Å². The highest BCUT2D eigenvalue weighted by Crippen LogP contribution is 2.47. The molecule has 1 aromatic carbocycles. The van der Waals surface area contributed by atoms with Crippen LogP contribution in [0.3, 0.4) is 0 Å². The van der Waals surface area contributed by atoms with Crippen molar-refractivity contribution < 1.29 is 9.53 Å². The van der Waals surface area contributed by atoms with Gasteiger partial charge in [-0.1, -0.05) is 42.5 Å². The summed E-state index contributed by atoms with van der Waals surface area (Å²) >= 11 is 0. The van der Waals surface area contributed by atoms with Crippen LogP contribution in [-0.2, 0) is 4.74 Å². The molecular formula is C16H19NO2. The average Bonchev–Trinajstić information content (AvgIpc) is 2.47. The molecule has 0 saturated carbocycles. The minimum absolute atomic E-state index is 0.225. The number of rotatable bonds is 1. The molecule has 2 bridgehead atoms. The van der Waals surface area contributed by atoms with E-state index in [0.717, 1.165) is 13.0 Å². The van der Waals surface area contributed by atoms with Crippen LogP contribution < -0.4 is 0 Å². The summed E-state index contributed by atoms with van der Waals surface area (Å²) in [7, 11) is 1.45. The van der Waals surface area contributed by atoms with E-state index >= 15 is 0 Å². The fourth-order valence-electron chi connectivity index (χ4n) is 3.45. The molecule has 0 unspecified atom stereocenters. The first kappa shape index (κ1) is 12.3. The summed E-state index contributed by atoms with van der Waals surface area (Å²) < 4.78 is 4.94. The predicted molar refractivity (Wildman–Crippen MR) is 73.9 cm³/mol. The Morgan fingerprint density at radius 3 is 2.79 bits per heavy atom. The van der Waals surface area contributed by atoms with Gasteiger partial charge < -0.3 is 4.74 Å². The zero-order chi connectivity index (χ0) is 13.5. The van der Waals surface area contributed by atoms with E-state index in [1.807, 2.05) is 11.0 Å². The number of nitrogens with zero attached hydrogens (tertiary/aromatic N) is 1. The topological polar surface area (TPSA) is 29.5 Å². The molecule has 100 valence electrons. The van der Waals surface area contributed by atoms with Crippen LogP contribution in [0.1, 0.15) is 24.8 Å². The Bertz CT molecular complexity index is 511. The van der Waals surface area contributed by atoms with Gasteiger partial charge in [0.25, 0.3) is 0 Å². The van der Waals surface area contributed by atoms with Crippen molar-refractivity contribution >= 4 is 6.09 Å². The molecule has 1 amide bonds. The summed E-state index contributed by atoms with van der Waals surface area (Å²) in [6, 6.07) is 10.5. The first-order chi connectivity index (χ1) is 9.15. The number of carbonyl (C=O) groups excluding carboxylic acids is 1. The third kappa shape index (κ3) is 1.84. The molecule has 3 heteroatoms. The lowest BCUT2D eigenvalue weighted by Gasteiger charge is -2.53. The summed E-state index contributed by atoms with van der Waals surface area (Å²) in [5.41, 5.74) is 1.02. The second-order valence-corrected chi connectivity index (χ2v) is 5.62. The molecular weight excluding hydrogens is 238 g/mol. The molecule has 3 atom stereocenters. The van der Waals surface area contributed by atoms with Gasteiger partial charge in [-0.3, -0.25) is 4.90 Å². The van der Waals surface area contributed by atoms with Gasteiger partial charge in [0.05, 0.1) is 12.6 Å². The van der Waals surface area contributed by atoms with Gasteiger partial charge in [-0.25, -0.2) is 4.79 Å². The van der Waals surface area contributed by atoms with Gasteiger partial charge in [0.2, 0.25) is 0 Å². The summed E-state index contributed by atoms with van der Waals surface area (Å²) in [6.07, 6.45) is 5.31. The molecule has 19 heavy (non-hydrogen) atoms. The molecule has 0 N–H and O–H groups in total. The number of ether oxygens (including phenoxy) is 1. The van der Waals surface area contributed by atoms with Crippen LogP contribution in [0, 0.1) is 5.92 Å². The molecule has 2 aliphatic heterocycles. The highest BCUT2D eigenvalue weighted by Gasteiger charge is 2.49. The van der Waals surface area contributed by atoms with E-state index in [1.165, 1.54) is 12.7 Å². The standard InChI is InChI=1S/C16H19NO2/c1-16-9-8-12(11-17(16)15(18)19-2)10-14(16)13-6-4-3-5-7-13/h3-9,12,14H,10-11H2,1-2H3/t12-,14-,16+/m1/s1. The molecule has 3 aliphatic rings. The van der Waals surface area contributed by atoms with E-state index in [9.17, 15) is 4.79 Å². The van der Waals surface area contributed by atoms with E-state index in [-0.39, 0.29) is 11.6 Å². The van der Waals surface area contributed by atoms with E-state index in [2.05, 4.69) is 43.3 Å². The number of benzene rings is 1. The van der Waals surface area contributed by atoms with Gasteiger partial charge in [-0.15, -0.1) is 0 Å². The molecule has 0 aromatic heterocycles. The summed E-state index contributed by atoms with van der Waals surface area (Å²) in [6.45, 7) is 2.90. The van der Waals surface area contributed by atoms with Crippen molar-refractivity contribution in [1.29, 1.82) is 0 Å². The first-order valence-electron chi connectivity index (χ1n) is 6.75. The van der Waals surface area contributed by atoms with Gasteiger partial charge in [-0.2, -0.15) is 0 Å². The highest BCUT2D eigenvalue weighted by molar-refractivity contribution is 5.70. The highest BCUT2D eigenvalue weighted by atomic mass is 16.5. The molecule has 4 rings (SSSR count). The summed E-state index contributed by atoms with van der Waals surface area (Å²) in [5.74, 6) is 0.780. The molecule has 1 aromatic rings. The van der Waals surface area contributed by atoms with Crippen LogP contribution >= 0.6 is 0 Å². The maximum Gasteiger partial charge on any atom is 0.410 e. The maximum absolute atomic E-state index is 12.0. The number of fused-ring (bicyclic) bond motifs is 2. The van der Waals surface area contributed by atoms with E-state index in [0.29, 0.717) is 11.8 Å². The maximum atomic E-state index is 12.0. The molecule has 1 fully saturated rings. The molecule has 2 heterocycles. The number of hydrogen-bond acceptors (Lipinski definition) is 2. The molecule has 3 nitrogen and oxygen atoms in total. The van der Waals surface area contributed by atoms with E-state index in [4.69, 9.17) is 4.74 Å². The molecule has 0 spiro atoms. The largest absolute Gasteiger partial charge is 0.453 e. The van der Waals surface area contributed by atoms with Crippen LogP contribution in [0.4, 0.5) is 4.79 Å². The number of carbonyl (C=O) groups is 1. The van der Waals surface area contributed by atoms with Gasteiger partial charge >= 0.3 is 6.09 Å². The van der Waals surface area contributed by atoms with Gasteiger partial charge in [0, 0.05) is 12.5 Å². The normalized spacial score (nSPS) is 32.4. The van der Waals surface area contributed by atoms with Crippen LogP contribution in [0.5, 0.6) is 0 Å². The number of amides is 1. The van der Waals surface area contributed by atoms with Crippen LogP contribution in [0.25, 0.3) is 0 Å². The second-order valence-electron chi connectivity index (χ2n) is 5.62. The Labute approximate surface area is 113 Å². The zero-order valence-electron chi connectivity index (χ0n) is 11.4. The Morgan fingerprint density at radius 2 is 2.11 bits per heavy atom. The fraction of sp³-hybridized carbons (Fsp3) is 0.438. The summed E-state index contributed by atoms with van der Waals surface area (Å²) in [4.78, 5) is 13.9. The number of hydrogen-bond donors (Lipinski definition) is 0. The van der Waals surface area contributed by atoms with Crippen molar-refractivity contribution in [2.24, 2.45) is 5.92 Å². The number of piperidine rings is 1. The monoisotopic (exact) mass is 257 g/mol. The molecule has 0 radical (unpaired) electrons. The van der Waals surface area contributed by atoms with E-state index in [1.54, 1.807) is 0 Å². The zero-order valence-corrected chi connectivity index (χ0v) is 11.4. The van der Waals surface area contributed by atoms with Crippen molar-refractivity contribution in [3.63, 3.8) is 0 Å². The lowest BCUT2D eigenvalue weighted by atomic mass is 9.66. The van der Waals surface area contributed by atoms with Gasteiger partial charge in [0.1, 0.15) is 0 Å². The SMILES string of the molecule is COC(=O)N1C[C@@H]2C=C[C@@]1(C)[C@@H](c1ccccc1)C2. The third-order valence-corrected chi connectivity index (χ3v) is 4.55. The first-order valence-corrected chi connectivity index (χ1v) is 6.75. The van der Waals surface area contributed by atoms with Gasteiger partial charge in [0.15, 0.2) is 0 Å². The van der Waals surface area contributed by atoms with Crippen molar-refractivity contribution in [3.8, 4) is 0 Å². The minimum Gasteiger partial charge on any atom is -0.453 e. The Balaban J connectivity index is 2.00. The van der Waals surface area contributed by atoms with Crippen LogP contribution in [-0.4, -0.2) is 30.2 Å². The van der Waals surface area contributed by atoms with Crippen molar-refractivity contribution in [2.45, 2.75) is 24.8 Å². The Hall–Kier alpha value is -1.77. The fourth-order valence-corrected chi connectivity index (χ4v) is 3.45. The van der Waals surface area contributed by atoms with Crippen LogP contribution in [0.15, 0.2) is 42.5 Å². The Morgan fingerprint density at radius 1 is 1.37 bits per heavy atom. The molecule has 1 aliphatic carbocycles. The number of methoxy groups -OCH3 is 1. The minimum atomic E-state index is -0.275. The van der Waals surface area contributed by atoms with E-state index < -0.39 is 0 Å². The quantitative estimate of drug-likeness (QED) is 0.723. The smallest absolute Gasteiger partial charge is 0.410 e. The summed E-state index contributed by atoms with van der Waals surface area (Å²) in [5, 5.41) is 0. The Kier molecular flexibility index (Phi) is 2.85. The second kappa shape index (κ2) is 4.41. The van der Waals surface area contributed by atoms with Crippen LogP contribution in [0.2, 0.25) is 0 Å². The third-order valence-electron chi connectivity index (χ3n) is 4.55. The lowest BCUT2D eigenvalue weighted by Crippen LogP contribution is -2.59. The predicted octanol–water partition coefficient (Wildman–Crippen LogP) is 3.19. The van der Waals surface area contributed by atoms with Crippen molar-refractivity contribution in [1.82, 2.24) is 4.90 Å². The van der Waals surface area contributed by atoms with Gasteiger partial charge in [-0.05, 0) is 24.8 Å². The molecule has 1 saturated heterocycles. The van der Waals surface area contributed by atoms with Crippen molar-refractivity contribution in [3.05, 3.63) is 48.0 Å². The lowest BCUT2D eigenvalue weighted by molar-refractivity contribution is 0.0348. The average molecular weight is 257 g/mol.